The molecular formula is C19H22N2O3. The van der Waals surface area contributed by atoms with Crippen LogP contribution < -0.4 is 4.74 Å². The Morgan fingerprint density at radius 3 is 2.79 bits per heavy atom. The van der Waals surface area contributed by atoms with Crippen molar-refractivity contribution in [1.29, 1.82) is 0 Å². The Labute approximate surface area is 141 Å². The second-order valence-corrected chi connectivity index (χ2v) is 6.48. The van der Waals surface area contributed by atoms with Gasteiger partial charge in [-0.15, -0.1) is 0 Å². The van der Waals surface area contributed by atoms with Gasteiger partial charge in [0.25, 0.3) is 5.91 Å². The minimum Gasteiger partial charge on any atom is -0.490 e. The molecule has 1 fully saturated rings. The molecule has 0 unspecified atom stereocenters. The van der Waals surface area contributed by atoms with Gasteiger partial charge in [-0.1, -0.05) is 24.3 Å². The van der Waals surface area contributed by atoms with Crippen molar-refractivity contribution >= 4 is 5.91 Å². The predicted octanol–water partition coefficient (Wildman–Crippen LogP) is 2.35. The van der Waals surface area contributed by atoms with Crippen LogP contribution in [-0.4, -0.2) is 46.2 Å². The highest BCUT2D eigenvalue weighted by atomic mass is 16.5. The lowest BCUT2D eigenvalue weighted by Gasteiger charge is -2.24. The molecule has 1 saturated heterocycles. The van der Waals surface area contributed by atoms with Gasteiger partial charge in [0.05, 0.1) is 6.54 Å². The molecule has 24 heavy (non-hydrogen) atoms. The number of carbonyl (C=O) groups is 1. The standard InChI is InChI=1S/C19H22N2O3/c1-14-7-8-16(20-11-14)18(22)21-10-9-19(23,12-21)13-24-17-6-4-3-5-15(17)2/h3-8,11,23H,9-10,12-13H2,1-2H3/t19-/m0/s1. The molecule has 5 nitrogen and oxygen atoms in total. The smallest absolute Gasteiger partial charge is 0.272 e. The molecule has 1 N–H and O–H groups in total. The van der Waals surface area contributed by atoms with Crippen molar-refractivity contribution in [2.24, 2.45) is 0 Å². The number of ether oxygens (including phenoxy) is 1. The molecular weight excluding hydrogens is 304 g/mol. The molecule has 2 heterocycles. The molecule has 1 aliphatic rings. The second kappa shape index (κ2) is 6.61. The zero-order chi connectivity index (χ0) is 17.2. The molecule has 5 heteroatoms. The number of amides is 1. The van der Waals surface area contributed by atoms with Crippen LogP contribution in [-0.2, 0) is 0 Å². The van der Waals surface area contributed by atoms with E-state index in [0.29, 0.717) is 18.7 Å². The van der Waals surface area contributed by atoms with E-state index < -0.39 is 5.60 Å². The zero-order valence-corrected chi connectivity index (χ0v) is 14.0. The number of rotatable bonds is 4. The highest BCUT2D eigenvalue weighted by molar-refractivity contribution is 5.92. The van der Waals surface area contributed by atoms with Crippen molar-refractivity contribution in [3.8, 4) is 5.75 Å². The largest absolute Gasteiger partial charge is 0.490 e. The lowest BCUT2D eigenvalue weighted by molar-refractivity contribution is 0.00407. The molecule has 1 aromatic heterocycles. The maximum absolute atomic E-state index is 12.5. The summed E-state index contributed by atoms with van der Waals surface area (Å²) in [7, 11) is 0. The number of aromatic nitrogens is 1. The number of para-hydroxylation sites is 1. The Balaban J connectivity index is 1.62. The molecule has 0 bridgehead atoms. The minimum absolute atomic E-state index is 0.151. The number of hydrogen-bond acceptors (Lipinski definition) is 4. The molecule has 1 aromatic carbocycles. The van der Waals surface area contributed by atoms with Gasteiger partial charge in [0.15, 0.2) is 0 Å². The van der Waals surface area contributed by atoms with Crippen LogP contribution in [0.1, 0.15) is 28.0 Å². The first-order chi connectivity index (χ1) is 11.5. The molecule has 0 radical (unpaired) electrons. The molecule has 1 atom stereocenters. The molecule has 1 aliphatic heterocycles. The van der Waals surface area contributed by atoms with Crippen molar-refractivity contribution in [3.63, 3.8) is 0 Å². The fourth-order valence-corrected chi connectivity index (χ4v) is 2.83. The van der Waals surface area contributed by atoms with Crippen LogP contribution in [0.2, 0.25) is 0 Å². The van der Waals surface area contributed by atoms with E-state index in [1.807, 2.05) is 44.2 Å². The van der Waals surface area contributed by atoms with Crippen molar-refractivity contribution in [2.75, 3.05) is 19.7 Å². The SMILES string of the molecule is Cc1ccc(C(=O)N2CC[C@@](O)(COc3ccccc3C)C2)nc1. The van der Waals surface area contributed by atoms with E-state index in [2.05, 4.69) is 4.98 Å². The third-order valence-electron chi connectivity index (χ3n) is 4.34. The second-order valence-electron chi connectivity index (χ2n) is 6.48. The summed E-state index contributed by atoms with van der Waals surface area (Å²) in [6.45, 7) is 4.82. The van der Waals surface area contributed by atoms with Crippen molar-refractivity contribution < 1.29 is 14.6 Å². The van der Waals surface area contributed by atoms with Crippen LogP contribution >= 0.6 is 0 Å². The normalized spacial score (nSPS) is 20.2. The fourth-order valence-electron chi connectivity index (χ4n) is 2.83. The minimum atomic E-state index is -1.03. The van der Waals surface area contributed by atoms with Gasteiger partial charge in [-0.25, -0.2) is 0 Å². The Morgan fingerprint density at radius 1 is 1.29 bits per heavy atom. The summed E-state index contributed by atoms with van der Waals surface area (Å²) in [6, 6.07) is 11.3. The van der Waals surface area contributed by atoms with E-state index in [1.54, 1.807) is 17.2 Å². The molecule has 1 amide bonds. The number of aryl methyl sites for hydroxylation is 2. The Bertz CT molecular complexity index is 730. The summed E-state index contributed by atoms with van der Waals surface area (Å²) in [5.41, 5.74) is 1.42. The zero-order valence-electron chi connectivity index (χ0n) is 14.0. The Kier molecular flexibility index (Phi) is 4.53. The van der Waals surface area contributed by atoms with Gasteiger partial charge >= 0.3 is 0 Å². The third kappa shape index (κ3) is 3.57. The van der Waals surface area contributed by atoms with E-state index in [-0.39, 0.29) is 19.1 Å². The van der Waals surface area contributed by atoms with Gasteiger partial charge in [-0.05, 0) is 43.5 Å². The molecule has 2 aromatic rings. The van der Waals surface area contributed by atoms with E-state index in [4.69, 9.17) is 4.74 Å². The van der Waals surface area contributed by atoms with Gasteiger partial charge in [0.1, 0.15) is 23.7 Å². The quantitative estimate of drug-likeness (QED) is 0.937. The topological polar surface area (TPSA) is 62.7 Å². The van der Waals surface area contributed by atoms with Gasteiger partial charge in [0, 0.05) is 12.7 Å². The summed E-state index contributed by atoms with van der Waals surface area (Å²) >= 11 is 0. The highest BCUT2D eigenvalue weighted by Gasteiger charge is 2.39. The van der Waals surface area contributed by atoms with E-state index in [1.165, 1.54) is 0 Å². The maximum atomic E-state index is 12.5. The number of likely N-dealkylation sites (tertiary alicyclic amines) is 1. The first kappa shape index (κ1) is 16.5. The predicted molar refractivity (Wildman–Crippen MR) is 91.1 cm³/mol. The fraction of sp³-hybridized carbons (Fsp3) is 0.368. The van der Waals surface area contributed by atoms with E-state index in [0.717, 1.165) is 16.9 Å². The summed E-state index contributed by atoms with van der Waals surface area (Å²) in [6.07, 6.45) is 2.17. The van der Waals surface area contributed by atoms with Crippen LogP contribution in [0, 0.1) is 13.8 Å². The van der Waals surface area contributed by atoms with Crippen molar-refractivity contribution in [1.82, 2.24) is 9.88 Å². The van der Waals surface area contributed by atoms with Gasteiger partial charge in [0.2, 0.25) is 0 Å². The number of carbonyl (C=O) groups excluding carboxylic acids is 1. The molecule has 126 valence electrons. The summed E-state index contributed by atoms with van der Waals surface area (Å²) in [5, 5.41) is 10.7. The van der Waals surface area contributed by atoms with Gasteiger partial charge < -0.3 is 14.7 Å². The first-order valence-corrected chi connectivity index (χ1v) is 8.10. The number of nitrogens with zero attached hydrogens (tertiary/aromatic N) is 2. The monoisotopic (exact) mass is 326 g/mol. The van der Waals surface area contributed by atoms with Crippen LogP contribution in [0.4, 0.5) is 0 Å². The molecule has 3 rings (SSSR count). The number of β-amino-alcohol motifs (C(OH)–C–C–N with tert-alkyl or cyclic N) is 1. The lowest BCUT2D eigenvalue weighted by atomic mass is 10.1. The van der Waals surface area contributed by atoms with Gasteiger partial charge in [-0.3, -0.25) is 9.78 Å². The average Bonchev–Trinajstić information content (AvgIpc) is 2.97. The van der Waals surface area contributed by atoms with Crippen LogP contribution in [0.5, 0.6) is 5.75 Å². The van der Waals surface area contributed by atoms with Crippen LogP contribution in [0.15, 0.2) is 42.6 Å². The van der Waals surface area contributed by atoms with Crippen LogP contribution in [0.25, 0.3) is 0 Å². The molecule has 0 saturated carbocycles. The third-order valence-corrected chi connectivity index (χ3v) is 4.34. The van der Waals surface area contributed by atoms with Crippen molar-refractivity contribution in [2.45, 2.75) is 25.9 Å². The number of benzene rings is 1. The lowest BCUT2D eigenvalue weighted by Crippen LogP contribution is -2.40. The van der Waals surface area contributed by atoms with E-state index in [9.17, 15) is 9.90 Å². The number of hydrogen-bond donors (Lipinski definition) is 1. The molecule has 0 aliphatic carbocycles. The summed E-state index contributed by atoms with van der Waals surface area (Å²) in [4.78, 5) is 18.3. The highest BCUT2D eigenvalue weighted by Crippen LogP contribution is 2.25. The van der Waals surface area contributed by atoms with Gasteiger partial charge in [-0.2, -0.15) is 0 Å². The Morgan fingerprint density at radius 2 is 2.08 bits per heavy atom. The van der Waals surface area contributed by atoms with E-state index >= 15 is 0 Å². The summed E-state index contributed by atoms with van der Waals surface area (Å²) in [5.74, 6) is 0.609. The number of aliphatic hydroxyl groups is 1. The Hall–Kier alpha value is -2.40. The number of pyridine rings is 1. The summed E-state index contributed by atoms with van der Waals surface area (Å²) < 4.78 is 5.77. The van der Waals surface area contributed by atoms with Crippen molar-refractivity contribution in [3.05, 3.63) is 59.4 Å². The first-order valence-electron chi connectivity index (χ1n) is 8.10. The van der Waals surface area contributed by atoms with Crippen LogP contribution in [0.3, 0.4) is 0 Å². The average molecular weight is 326 g/mol. The molecule has 0 spiro atoms. The maximum Gasteiger partial charge on any atom is 0.272 e.